The quantitative estimate of drug-likeness (QED) is 0.797. The monoisotopic (exact) mass is 361 g/mol. The molecule has 2 aromatic rings. The van der Waals surface area contributed by atoms with E-state index in [4.69, 9.17) is 4.74 Å². The fourth-order valence-corrected chi connectivity index (χ4v) is 3.49. The van der Waals surface area contributed by atoms with Crippen LogP contribution in [-0.4, -0.2) is 44.1 Å². The molecule has 1 aromatic carbocycles. The molecular weight excluding hydrogens is 338 g/mol. The van der Waals surface area contributed by atoms with E-state index in [0.29, 0.717) is 11.7 Å². The summed E-state index contributed by atoms with van der Waals surface area (Å²) in [6, 6.07) is 6.01. The number of anilines is 1. The Kier molecular flexibility index (Phi) is 5.70. The Hall–Kier alpha value is -1.93. The maximum atomic E-state index is 12.5. The van der Waals surface area contributed by atoms with Crippen molar-refractivity contribution in [3.8, 4) is 0 Å². The van der Waals surface area contributed by atoms with E-state index in [1.165, 1.54) is 11.8 Å². The van der Waals surface area contributed by atoms with Crippen molar-refractivity contribution in [2.24, 2.45) is 0 Å². The van der Waals surface area contributed by atoms with Gasteiger partial charge in [0.25, 0.3) is 0 Å². The van der Waals surface area contributed by atoms with Gasteiger partial charge in [-0.1, -0.05) is 23.9 Å². The highest BCUT2D eigenvalue weighted by atomic mass is 32.2. The molecule has 1 amide bonds. The summed E-state index contributed by atoms with van der Waals surface area (Å²) in [5.74, 6) is -0.0645. The van der Waals surface area contributed by atoms with Gasteiger partial charge in [-0.2, -0.15) is 0 Å². The van der Waals surface area contributed by atoms with Crippen LogP contribution in [0.1, 0.15) is 30.9 Å². The number of nitrogens with one attached hydrogen (secondary N) is 1. The van der Waals surface area contributed by atoms with Gasteiger partial charge in [0.15, 0.2) is 0 Å². The SMILES string of the molecule is Cc1ccc(C)c(NC(=O)C(C)Sc2nnnn2CC2CCCO2)c1. The summed E-state index contributed by atoms with van der Waals surface area (Å²) >= 11 is 1.36. The average molecular weight is 361 g/mol. The third-order valence-electron chi connectivity index (χ3n) is 4.20. The van der Waals surface area contributed by atoms with Gasteiger partial charge in [-0.25, -0.2) is 4.68 Å². The first-order chi connectivity index (χ1) is 12.0. The predicted octanol–water partition coefficient (Wildman–Crippen LogP) is 2.59. The number of ether oxygens (including phenoxy) is 1. The molecule has 1 aliphatic heterocycles. The maximum absolute atomic E-state index is 12.5. The highest BCUT2D eigenvalue weighted by Gasteiger charge is 2.22. The van der Waals surface area contributed by atoms with Gasteiger partial charge in [0.05, 0.1) is 17.9 Å². The highest BCUT2D eigenvalue weighted by Crippen LogP contribution is 2.24. The fourth-order valence-electron chi connectivity index (χ4n) is 2.69. The molecule has 7 nitrogen and oxygen atoms in total. The molecule has 2 heterocycles. The van der Waals surface area contributed by atoms with Crippen LogP contribution in [0.2, 0.25) is 0 Å². The molecule has 1 fully saturated rings. The van der Waals surface area contributed by atoms with Crippen LogP contribution < -0.4 is 5.32 Å². The van der Waals surface area contributed by atoms with Crippen molar-refractivity contribution in [2.75, 3.05) is 11.9 Å². The molecule has 8 heteroatoms. The standard InChI is InChI=1S/C17H23N5O2S/c1-11-6-7-12(2)15(9-11)18-16(23)13(3)25-17-19-20-21-22(17)10-14-5-4-8-24-14/h6-7,9,13-14H,4-5,8,10H2,1-3H3,(H,18,23). The smallest absolute Gasteiger partial charge is 0.237 e. The van der Waals surface area contributed by atoms with Gasteiger partial charge >= 0.3 is 0 Å². The Morgan fingerprint density at radius 2 is 2.32 bits per heavy atom. The van der Waals surface area contributed by atoms with E-state index in [9.17, 15) is 4.79 Å². The Morgan fingerprint density at radius 1 is 1.48 bits per heavy atom. The number of amides is 1. The molecular formula is C17H23N5O2S. The second kappa shape index (κ2) is 7.97. The number of rotatable bonds is 6. The normalized spacial score (nSPS) is 18.3. The topological polar surface area (TPSA) is 81.9 Å². The number of aromatic nitrogens is 4. The maximum Gasteiger partial charge on any atom is 0.237 e. The van der Waals surface area contributed by atoms with Crippen molar-refractivity contribution in [2.45, 2.75) is 56.7 Å². The van der Waals surface area contributed by atoms with E-state index < -0.39 is 0 Å². The predicted molar refractivity (Wildman–Crippen MR) is 96.7 cm³/mol. The number of tetrazole rings is 1. The van der Waals surface area contributed by atoms with Gasteiger partial charge in [-0.05, 0) is 61.2 Å². The lowest BCUT2D eigenvalue weighted by atomic mass is 10.1. The van der Waals surface area contributed by atoms with Gasteiger partial charge in [0.1, 0.15) is 0 Å². The number of benzene rings is 1. The van der Waals surface area contributed by atoms with Crippen molar-refractivity contribution < 1.29 is 9.53 Å². The van der Waals surface area contributed by atoms with E-state index in [0.717, 1.165) is 36.3 Å². The van der Waals surface area contributed by atoms with E-state index in [-0.39, 0.29) is 17.3 Å². The number of carbonyl (C=O) groups excluding carboxylic acids is 1. The Morgan fingerprint density at radius 3 is 3.08 bits per heavy atom. The third kappa shape index (κ3) is 4.58. The Labute approximate surface area is 151 Å². The molecule has 25 heavy (non-hydrogen) atoms. The molecule has 1 aromatic heterocycles. The van der Waals surface area contributed by atoms with Crippen LogP contribution in [0.25, 0.3) is 0 Å². The first-order valence-electron chi connectivity index (χ1n) is 8.45. The number of nitrogens with zero attached hydrogens (tertiary/aromatic N) is 4. The summed E-state index contributed by atoms with van der Waals surface area (Å²) < 4.78 is 7.36. The van der Waals surface area contributed by atoms with Gasteiger partial charge in [0.2, 0.25) is 11.1 Å². The molecule has 2 unspecified atom stereocenters. The van der Waals surface area contributed by atoms with Gasteiger partial charge in [-0.3, -0.25) is 4.79 Å². The zero-order chi connectivity index (χ0) is 17.8. The Bertz CT molecular complexity index is 742. The van der Waals surface area contributed by atoms with Crippen LogP contribution in [0.15, 0.2) is 23.4 Å². The van der Waals surface area contributed by atoms with Crippen LogP contribution >= 0.6 is 11.8 Å². The summed E-state index contributed by atoms with van der Waals surface area (Å²) in [5.41, 5.74) is 3.00. The second-order valence-corrected chi connectivity index (χ2v) is 7.65. The van der Waals surface area contributed by atoms with Crippen LogP contribution in [-0.2, 0) is 16.1 Å². The van der Waals surface area contributed by atoms with Crippen LogP contribution in [0.5, 0.6) is 0 Å². The van der Waals surface area contributed by atoms with Crippen molar-refractivity contribution in [3.63, 3.8) is 0 Å². The molecule has 0 aliphatic carbocycles. The van der Waals surface area contributed by atoms with Crippen LogP contribution in [0.3, 0.4) is 0 Å². The van der Waals surface area contributed by atoms with E-state index in [1.807, 2.05) is 39.0 Å². The summed E-state index contributed by atoms with van der Waals surface area (Å²) in [4.78, 5) is 12.5. The number of hydrogen-bond donors (Lipinski definition) is 1. The summed E-state index contributed by atoms with van der Waals surface area (Å²) in [6.45, 7) is 7.27. The summed E-state index contributed by atoms with van der Waals surface area (Å²) in [6.07, 6.45) is 2.25. The van der Waals surface area contributed by atoms with E-state index in [2.05, 4.69) is 20.8 Å². The number of aryl methyl sites for hydroxylation is 2. The highest BCUT2D eigenvalue weighted by molar-refractivity contribution is 8.00. The summed E-state index contributed by atoms with van der Waals surface area (Å²) in [7, 11) is 0. The lowest BCUT2D eigenvalue weighted by molar-refractivity contribution is -0.115. The minimum atomic E-state index is -0.311. The van der Waals surface area contributed by atoms with Crippen molar-refractivity contribution in [1.82, 2.24) is 20.2 Å². The molecule has 134 valence electrons. The summed E-state index contributed by atoms with van der Waals surface area (Å²) in [5, 5.41) is 15.1. The van der Waals surface area contributed by atoms with E-state index >= 15 is 0 Å². The van der Waals surface area contributed by atoms with E-state index in [1.54, 1.807) is 4.68 Å². The first kappa shape index (κ1) is 17.9. The van der Waals surface area contributed by atoms with Crippen molar-refractivity contribution in [3.05, 3.63) is 29.3 Å². The first-order valence-corrected chi connectivity index (χ1v) is 9.33. The fraction of sp³-hybridized carbons (Fsp3) is 0.529. The van der Waals surface area contributed by atoms with Crippen LogP contribution in [0, 0.1) is 13.8 Å². The van der Waals surface area contributed by atoms with Gasteiger partial charge in [-0.15, -0.1) is 5.10 Å². The minimum absolute atomic E-state index is 0.0645. The lowest BCUT2D eigenvalue weighted by Gasteiger charge is -2.14. The van der Waals surface area contributed by atoms with Gasteiger partial charge < -0.3 is 10.1 Å². The zero-order valence-corrected chi connectivity index (χ0v) is 15.5. The molecule has 2 atom stereocenters. The zero-order valence-electron chi connectivity index (χ0n) is 14.7. The molecule has 0 spiro atoms. The van der Waals surface area contributed by atoms with Crippen LogP contribution in [0.4, 0.5) is 5.69 Å². The molecule has 1 aliphatic rings. The number of carbonyl (C=O) groups is 1. The molecule has 0 bridgehead atoms. The second-order valence-electron chi connectivity index (χ2n) is 6.35. The Balaban J connectivity index is 1.61. The molecule has 3 rings (SSSR count). The largest absolute Gasteiger partial charge is 0.376 e. The molecule has 0 saturated carbocycles. The lowest BCUT2D eigenvalue weighted by Crippen LogP contribution is -2.24. The molecule has 1 N–H and O–H groups in total. The minimum Gasteiger partial charge on any atom is -0.376 e. The number of thioether (sulfide) groups is 1. The van der Waals surface area contributed by atoms with Crippen molar-refractivity contribution >= 4 is 23.4 Å². The third-order valence-corrected chi connectivity index (χ3v) is 5.27. The van der Waals surface area contributed by atoms with Gasteiger partial charge in [0, 0.05) is 12.3 Å². The number of hydrogen-bond acceptors (Lipinski definition) is 6. The van der Waals surface area contributed by atoms with Crippen molar-refractivity contribution in [1.29, 1.82) is 0 Å². The average Bonchev–Trinajstić information content (AvgIpc) is 3.24. The molecule has 0 radical (unpaired) electrons. The molecule has 1 saturated heterocycles.